The number of nitrogens with one attached hydrogen (secondary N) is 1. The van der Waals surface area contributed by atoms with Gasteiger partial charge < -0.3 is 29.5 Å². The fraction of sp³-hybridized carbons (Fsp3) is 0.455. The van der Waals surface area contributed by atoms with Gasteiger partial charge in [0, 0.05) is 70.1 Å². The largest absolute Gasteiger partial charge is 0.453 e. The van der Waals surface area contributed by atoms with E-state index in [2.05, 4.69) is 32.0 Å². The van der Waals surface area contributed by atoms with Crippen LogP contribution in [0.25, 0.3) is 0 Å². The van der Waals surface area contributed by atoms with Crippen LogP contribution in [0.4, 0.5) is 5.95 Å². The topological polar surface area (TPSA) is 126 Å². The fourth-order valence-corrected chi connectivity index (χ4v) is 5.60. The second-order valence-corrected chi connectivity index (χ2v) is 11.4. The van der Waals surface area contributed by atoms with E-state index in [1.54, 1.807) is 19.3 Å². The van der Waals surface area contributed by atoms with Gasteiger partial charge in [0.1, 0.15) is 0 Å². The Morgan fingerprint density at radius 1 is 0.977 bits per heavy atom. The molecule has 0 bridgehead atoms. The lowest BCUT2D eigenvalue weighted by Gasteiger charge is -2.44. The first kappa shape index (κ1) is 31.5. The molecule has 0 radical (unpaired) electrons. The molecule has 2 fully saturated rings. The van der Waals surface area contributed by atoms with Crippen LogP contribution >= 0.6 is 0 Å². The first-order chi connectivity index (χ1) is 21.3. The highest BCUT2D eigenvalue weighted by Crippen LogP contribution is 2.42. The molecule has 2 aliphatic rings. The number of esters is 1. The molecule has 0 spiro atoms. The number of carbonyl (C=O) groups excluding carboxylic acids is 2. The fourth-order valence-electron chi connectivity index (χ4n) is 5.60. The van der Waals surface area contributed by atoms with Crippen molar-refractivity contribution >= 4 is 17.8 Å². The minimum absolute atomic E-state index is 0.00874. The number of aliphatic hydroxyl groups is 1. The molecule has 2 saturated heterocycles. The molecule has 11 nitrogen and oxygen atoms in total. The van der Waals surface area contributed by atoms with E-state index in [4.69, 9.17) is 14.2 Å². The Morgan fingerprint density at radius 2 is 1.61 bits per heavy atom. The molecule has 2 aliphatic heterocycles. The van der Waals surface area contributed by atoms with E-state index >= 15 is 0 Å². The molecule has 0 aliphatic carbocycles. The maximum Gasteiger partial charge on any atom is 0.303 e. The first-order valence-electron chi connectivity index (χ1n) is 15.1. The van der Waals surface area contributed by atoms with Crippen LogP contribution in [0.2, 0.25) is 0 Å². The number of ether oxygens (including phenoxy) is 3. The first-order valence-corrected chi connectivity index (χ1v) is 15.1. The van der Waals surface area contributed by atoms with Crippen LogP contribution in [0, 0.1) is 5.92 Å². The smallest absolute Gasteiger partial charge is 0.303 e. The third-order valence-electron chi connectivity index (χ3n) is 8.20. The lowest BCUT2D eigenvalue weighted by atomic mass is 9.90. The van der Waals surface area contributed by atoms with Gasteiger partial charge in [-0.05, 0) is 29.7 Å². The third-order valence-corrected chi connectivity index (χ3v) is 8.20. The third kappa shape index (κ3) is 7.97. The molecule has 1 aromatic heterocycles. The Bertz CT molecular complexity index is 1370. The van der Waals surface area contributed by atoms with Gasteiger partial charge in [0.25, 0.3) is 5.91 Å². The zero-order valence-electron chi connectivity index (χ0n) is 25.5. The van der Waals surface area contributed by atoms with Crippen LogP contribution in [0.1, 0.15) is 55.4 Å². The molecule has 11 heteroatoms. The van der Waals surface area contributed by atoms with E-state index in [0.29, 0.717) is 6.54 Å². The SMILES string of the molecule is CC(=O)OC(C)C(=O)NCc1ccc(C2OC(CN3CCN(c4ncccn4)CC3)C(C)C(c3ccc(CO)cc3)O2)cc1. The summed E-state index contributed by atoms with van der Waals surface area (Å²) < 4.78 is 18.2. The van der Waals surface area contributed by atoms with Crippen molar-refractivity contribution in [3.8, 4) is 0 Å². The quantitative estimate of drug-likeness (QED) is 0.334. The van der Waals surface area contributed by atoms with Crippen LogP contribution in [0.5, 0.6) is 0 Å². The number of hydrogen-bond acceptors (Lipinski definition) is 10. The summed E-state index contributed by atoms with van der Waals surface area (Å²) in [7, 11) is 0. The van der Waals surface area contributed by atoms with Crippen molar-refractivity contribution in [3.05, 3.63) is 89.2 Å². The van der Waals surface area contributed by atoms with E-state index in [9.17, 15) is 14.7 Å². The molecule has 5 rings (SSSR count). The molecule has 3 aromatic rings. The molecular formula is C33H41N5O6. The number of aromatic nitrogens is 2. The van der Waals surface area contributed by atoms with Gasteiger partial charge in [0.15, 0.2) is 12.4 Å². The highest BCUT2D eigenvalue weighted by molar-refractivity contribution is 5.82. The van der Waals surface area contributed by atoms with Gasteiger partial charge in [0.2, 0.25) is 5.95 Å². The molecule has 0 saturated carbocycles. The lowest BCUT2D eigenvalue weighted by Crippen LogP contribution is -2.51. The Balaban J connectivity index is 1.26. The number of amides is 1. The second kappa shape index (κ2) is 14.7. The summed E-state index contributed by atoms with van der Waals surface area (Å²) in [4.78, 5) is 36.8. The molecule has 3 heterocycles. The van der Waals surface area contributed by atoms with E-state index in [0.717, 1.165) is 60.9 Å². The van der Waals surface area contributed by atoms with Crippen molar-refractivity contribution < 1.29 is 28.9 Å². The molecule has 5 atom stereocenters. The zero-order chi connectivity index (χ0) is 31.1. The van der Waals surface area contributed by atoms with Crippen LogP contribution < -0.4 is 10.2 Å². The van der Waals surface area contributed by atoms with Crippen LogP contribution in [-0.4, -0.2) is 76.8 Å². The summed E-state index contributed by atoms with van der Waals surface area (Å²) in [6, 6.07) is 17.5. The molecule has 2 aromatic carbocycles. The summed E-state index contributed by atoms with van der Waals surface area (Å²) >= 11 is 0. The van der Waals surface area contributed by atoms with Crippen LogP contribution in [0.15, 0.2) is 67.0 Å². The van der Waals surface area contributed by atoms with E-state index < -0.39 is 18.4 Å². The lowest BCUT2D eigenvalue weighted by molar-refractivity contribution is -0.276. The van der Waals surface area contributed by atoms with Gasteiger partial charge in [-0.15, -0.1) is 0 Å². The highest BCUT2D eigenvalue weighted by atomic mass is 16.7. The van der Waals surface area contributed by atoms with Crippen molar-refractivity contribution in [2.75, 3.05) is 37.6 Å². The van der Waals surface area contributed by atoms with Crippen molar-refractivity contribution in [2.24, 2.45) is 5.92 Å². The normalized spacial score (nSPS) is 23.1. The maximum absolute atomic E-state index is 12.2. The Labute approximate surface area is 258 Å². The average Bonchev–Trinajstić information content (AvgIpc) is 3.05. The Kier molecular flexibility index (Phi) is 10.5. The van der Waals surface area contributed by atoms with Crippen molar-refractivity contribution in [1.82, 2.24) is 20.2 Å². The number of piperazine rings is 1. The molecule has 1 amide bonds. The number of anilines is 1. The predicted molar refractivity (Wildman–Crippen MR) is 163 cm³/mol. The summed E-state index contributed by atoms with van der Waals surface area (Å²) in [5.74, 6) is -0.0114. The summed E-state index contributed by atoms with van der Waals surface area (Å²) in [5, 5.41) is 12.3. The number of nitrogens with zero attached hydrogens (tertiary/aromatic N) is 4. The van der Waals surface area contributed by atoms with Crippen molar-refractivity contribution in [1.29, 1.82) is 0 Å². The average molecular weight is 604 g/mol. The van der Waals surface area contributed by atoms with Gasteiger partial charge in [-0.3, -0.25) is 14.5 Å². The van der Waals surface area contributed by atoms with E-state index in [1.807, 2.05) is 54.6 Å². The number of rotatable bonds is 10. The molecule has 5 unspecified atom stereocenters. The predicted octanol–water partition coefficient (Wildman–Crippen LogP) is 3.15. The maximum atomic E-state index is 12.2. The minimum atomic E-state index is -0.854. The van der Waals surface area contributed by atoms with Gasteiger partial charge in [0.05, 0.1) is 18.8 Å². The number of aliphatic hydroxyl groups excluding tert-OH is 1. The number of hydrogen-bond donors (Lipinski definition) is 2. The summed E-state index contributed by atoms with van der Waals surface area (Å²) in [6.07, 6.45) is 1.82. The van der Waals surface area contributed by atoms with Gasteiger partial charge >= 0.3 is 5.97 Å². The summed E-state index contributed by atoms with van der Waals surface area (Å²) in [5.41, 5.74) is 3.68. The van der Waals surface area contributed by atoms with Crippen molar-refractivity contribution in [3.63, 3.8) is 0 Å². The van der Waals surface area contributed by atoms with Crippen LogP contribution in [-0.2, 0) is 37.0 Å². The van der Waals surface area contributed by atoms with Gasteiger partial charge in [-0.1, -0.05) is 55.5 Å². The highest BCUT2D eigenvalue weighted by Gasteiger charge is 2.39. The Morgan fingerprint density at radius 3 is 2.25 bits per heavy atom. The molecule has 44 heavy (non-hydrogen) atoms. The summed E-state index contributed by atoms with van der Waals surface area (Å²) in [6.45, 7) is 9.49. The molecule has 234 valence electrons. The number of benzene rings is 2. The van der Waals surface area contributed by atoms with Gasteiger partial charge in [-0.2, -0.15) is 0 Å². The van der Waals surface area contributed by atoms with Crippen LogP contribution in [0.3, 0.4) is 0 Å². The Hall–Kier alpha value is -3.90. The number of carbonyl (C=O) groups is 2. The second-order valence-electron chi connectivity index (χ2n) is 11.4. The van der Waals surface area contributed by atoms with E-state index in [1.165, 1.54) is 6.92 Å². The molecular weight excluding hydrogens is 562 g/mol. The van der Waals surface area contributed by atoms with Gasteiger partial charge in [-0.25, -0.2) is 9.97 Å². The van der Waals surface area contributed by atoms with Crippen molar-refractivity contribution in [2.45, 2.75) is 58.5 Å². The van der Waals surface area contributed by atoms with E-state index in [-0.39, 0.29) is 30.6 Å². The zero-order valence-corrected chi connectivity index (χ0v) is 25.5. The standard InChI is InChI=1S/C33H41N5O6/c1-22-29(20-37-15-17-38(18-16-37)33-34-13-4-14-35-33)43-32(44-30(22)27-9-7-26(21-39)8-10-27)28-11-5-25(6-12-28)19-36-31(41)23(2)42-24(3)40/h4-14,22-23,29-30,32,39H,15-21H2,1-3H3,(H,36,41). The molecule has 2 N–H and O–H groups in total. The monoisotopic (exact) mass is 603 g/mol. The minimum Gasteiger partial charge on any atom is -0.453 e.